The predicted molar refractivity (Wildman–Crippen MR) is 69.0 cm³/mol. The van der Waals surface area contributed by atoms with Gasteiger partial charge in [-0.25, -0.2) is 8.42 Å². The van der Waals surface area contributed by atoms with Gasteiger partial charge in [-0.15, -0.1) is 10.2 Å². The summed E-state index contributed by atoms with van der Waals surface area (Å²) in [7, 11) is 1.57. The first-order valence-electron chi connectivity index (χ1n) is 6.18. The van der Waals surface area contributed by atoms with Gasteiger partial charge in [-0.1, -0.05) is 20.8 Å². The Morgan fingerprint density at radius 1 is 1.33 bits per heavy atom. The Balaban J connectivity index is 2.43. The molecule has 1 atom stereocenters. The third kappa shape index (κ3) is 2.85. The molecule has 0 aromatic carbocycles. The lowest BCUT2D eigenvalue weighted by Gasteiger charge is -2.15. The van der Waals surface area contributed by atoms with Crippen molar-refractivity contribution in [2.24, 2.45) is 11.8 Å². The molecule has 0 N–H and O–H groups in total. The summed E-state index contributed by atoms with van der Waals surface area (Å²) in [6.07, 6.45) is 2.36. The Labute approximate surface area is 112 Å². The van der Waals surface area contributed by atoms with Gasteiger partial charge in [0, 0.05) is 23.1 Å². The van der Waals surface area contributed by atoms with Crippen LogP contribution in [0.2, 0.25) is 0 Å². The number of hydrogen-bond acceptors (Lipinski definition) is 4. The van der Waals surface area contributed by atoms with Crippen LogP contribution < -0.4 is 0 Å². The molecule has 18 heavy (non-hydrogen) atoms. The minimum atomic E-state index is -3.84. The highest BCUT2D eigenvalue weighted by Gasteiger charge is 2.34. The van der Waals surface area contributed by atoms with Crippen LogP contribution in [0.4, 0.5) is 0 Å². The van der Waals surface area contributed by atoms with E-state index in [2.05, 4.69) is 17.1 Å². The maximum atomic E-state index is 11.5. The van der Waals surface area contributed by atoms with E-state index in [9.17, 15) is 8.42 Å². The van der Waals surface area contributed by atoms with Crippen LogP contribution in [-0.4, -0.2) is 23.2 Å². The van der Waals surface area contributed by atoms with Crippen LogP contribution in [0.25, 0.3) is 0 Å². The fourth-order valence-electron chi connectivity index (χ4n) is 2.16. The number of nitrogens with zero attached hydrogens (tertiary/aromatic N) is 3. The number of halogens is 1. The van der Waals surface area contributed by atoms with Gasteiger partial charge in [0.2, 0.25) is 0 Å². The highest BCUT2D eigenvalue weighted by molar-refractivity contribution is 8.13. The van der Waals surface area contributed by atoms with Gasteiger partial charge in [0.1, 0.15) is 5.82 Å². The third-order valence-corrected chi connectivity index (χ3v) is 4.40. The smallest absolute Gasteiger partial charge is 0.296 e. The molecule has 0 radical (unpaired) electrons. The minimum absolute atomic E-state index is 0.125. The van der Waals surface area contributed by atoms with Crippen LogP contribution in [-0.2, 0) is 15.6 Å². The molecule has 1 aromatic heterocycles. The number of hydrogen-bond donors (Lipinski definition) is 0. The molecule has 0 spiro atoms. The van der Waals surface area contributed by atoms with Crippen molar-refractivity contribution in [3.8, 4) is 0 Å². The van der Waals surface area contributed by atoms with Gasteiger partial charge in [-0.3, -0.25) is 0 Å². The lowest BCUT2D eigenvalue weighted by Crippen LogP contribution is -2.15. The zero-order chi connectivity index (χ0) is 13.5. The molecule has 1 aliphatic rings. The quantitative estimate of drug-likeness (QED) is 0.781. The van der Waals surface area contributed by atoms with Crippen molar-refractivity contribution in [2.75, 3.05) is 0 Å². The molecule has 1 heterocycles. The number of rotatable bonds is 5. The number of aromatic nitrogens is 3. The summed E-state index contributed by atoms with van der Waals surface area (Å²) in [5, 5.41) is 7.69. The van der Waals surface area contributed by atoms with E-state index in [1.165, 1.54) is 12.8 Å². The first kappa shape index (κ1) is 13.8. The summed E-state index contributed by atoms with van der Waals surface area (Å²) >= 11 is 0. The summed E-state index contributed by atoms with van der Waals surface area (Å²) in [5.41, 5.74) is 0. The largest absolute Gasteiger partial charge is 0.300 e. The molecular formula is C11H18ClN3O2S. The van der Waals surface area contributed by atoms with Crippen molar-refractivity contribution in [1.29, 1.82) is 0 Å². The lowest BCUT2D eigenvalue weighted by molar-refractivity contribution is 0.452. The molecule has 102 valence electrons. The molecular weight excluding hydrogens is 274 g/mol. The second-order valence-electron chi connectivity index (χ2n) is 5.41. The van der Waals surface area contributed by atoms with Gasteiger partial charge >= 0.3 is 0 Å². The van der Waals surface area contributed by atoms with E-state index in [1.807, 2.05) is 13.8 Å². The Morgan fingerprint density at radius 2 is 1.94 bits per heavy atom. The molecule has 1 aromatic rings. The van der Waals surface area contributed by atoms with Gasteiger partial charge in [0.05, 0.1) is 0 Å². The lowest BCUT2D eigenvalue weighted by atomic mass is 10.1. The summed E-state index contributed by atoms with van der Waals surface area (Å²) < 4.78 is 24.7. The fourth-order valence-corrected chi connectivity index (χ4v) is 3.07. The van der Waals surface area contributed by atoms with Gasteiger partial charge in [0.25, 0.3) is 14.2 Å². The summed E-state index contributed by atoms with van der Waals surface area (Å²) in [5.74, 6) is 1.89. The Kier molecular flexibility index (Phi) is 3.69. The standard InChI is InChI=1S/C11H18ClN3O2S/c1-7(2)6-15-10(8(3)9-4-5-9)13-14-11(15)18(12,16)17/h7-9H,4-6H2,1-3H3. The van der Waals surface area contributed by atoms with Crippen molar-refractivity contribution in [2.45, 2.75) is 51.2 Å². The molecule has 1 saturated carbocycles. The van der Waals surface area contributed by atoms with Crippen molar-refractivity contribution >= 4 is 19.7 Å². The van der Waals surface area contributed by atoms with Gasteiger partial charge in [-0.2, -0.15) is 0 Å². The Hall–Kier alpha value is -0.620. The van der Waals surface area contributed by atoms with Crippen LogP contribution in [0.1, 0.15) is 45.4 Å². The van der Waals surface area contributed by atoms with E-state index in [0.717, 1.165) is 5.82 Å². The van der Waals surface area contributed by atoms with Gasteiger partial charge < -0.3 is 4.57 Å². The van der Waals surface area contributed by atoms with Crippen LogP contribution in [0.5, 0.6) is 0 Å². The second-order valence-corrected chi connectivity index (χ2v) is 7.87. The Bertz CT molecular complexity index is 534. The van der Waals surface area contributed by atoms with Crippen LogP contribution in [0.3, 0.4) is 0 Å². The van der Waals surface area contributed by atoms with E-state index < -0.39 is 9.05 Å². The average Bonchev–Trinajstić information content (AvgIpc) is 2.97. The zero-order valence-electron chi connectivity index (χ0n) is 10.8. The van der Waals surface area contributed by atoms with Crippen molar-refractivity contribution in [3.63, 3.8) is 0 Å². The van der Waals surface area contributed by atoms with E-state index in [1.54, 1.807) is 4.57 Å². The molecule has 0 saturated heterocycles. The molecule has 0 bridgehead atoms. The first-order valence-corrected chi connectivity index (χ1v) is 8.49. The topological polar surface area (TPSA) is 64.8 Å². The summed E-state index contributed by atoms with van der Waals surface area (Å²) in [6, 6.07) is 0. The van der Waals surface area contributed by atoms with Crippen LogP contribution in [0, 0.1) is 11.8 Å². The highest BCUT2D eigenvalue weighted by Crippen LogP contribution is 2.42. The molecule has 0 amide bonds. The molecule has 2 rings (SSSR count). The zero-order valence-corrected chi connectivity index (χ0v) is 12.4. The maximum Gasteiger partial charge on any atom is 0.296 e. The van der Waals surface area contributed by atoms with E-state index >= 15 is 0 Å². The van der Waals surface area contributed by atoms with Gasteiger partial charge in [0.15, 0.2) is 0 Å². The van der Waals surface area contributed by atoms with Crippen LogP contribution >= 0.6 is 10.7 Å². The molecule has 1 unspecified atom stereocenters. The third-order valence-electron chi connectivity index (χ3n) is 3.25. The van der Waals surface area contributed by atoms with E-state index in [-0.39, 0.29) is 11.1 Å². The summed E-state index contributed by atoms with van der Waals surface area (Å²) in [6.45, 7) is 6.69. The normalized spacial score (nSPS) is 18.3. The van der Waals surface area contributed by atoms with Crippen molar-refractivity contribution in [1.82, 2.24) is 14.8 Å². The van der Waals surface area contributed by atoms with Gasteiger partial charge in [-0.05, 0) is 24.7 Å². The molecule has 1 fully saturated rings. The predicted octanol–water partition coefficient (Wildman–Crippen LogP) is 2.38. The first-order chi connectivity index (χ1) is 8.30. The van der Waals surface area contributed by atoms with Crippen molar-refractivity contribution in [3.05, 3.63) is 5.82 Å². The summed E-state index contributed by atoms with van der Waals surface area (Å²) in [4.78, 5) is 0. The molecule has 5 nitrogen and oxygen atoms in total. The fraction of sp³-hybridized carbons (Fsp3) is 0.818. The molecule has 7 heteroatoms. The molecule has 1 aliphatic carbocycles. The minimum Gasteiger partial charge on any atom is -0.300 e. The van der Waals surface area contributed by atoms with Crippen molar-refractivity contribution < 1.29 is 8.42 Å². The molecule has 0 aliphatic heterocycles. The average molecular weight is 292 g/mol. The van der Waals surface area contributed by atoms with E-state index in [0.29, 0.717) is 18.4 Å². The monoisotopic (exact) mass is 291 g/mol. The second kappa shape index (κ2) is 4.81. The van der Waals surface area contributed by atoms with E-state index in [4.69, 9.17) is 10.7 Å². The highest BCUT2D eigenvalue weighted by atomic mass is 35.7. The maximum absolute atomic E-state index is 11.5. The van der Waals surface area contributed by atoms with Crippen LogP contribution in [0.15, 0.2) is 5.16 Å². The Morgan fingerprint density at radius 3 is 2.39 bits per heavy atom. The SMILES string of the molecule is CC(C)Cn1c(C(C)C2CC2)nnc1S(=O)(=O)Cl.